The summed E-state index contributed by atoms with van der Waals surface area (Å²) in [6, 6.07) is 30.5. The number of methoxy groups -OCH3 is 1. The number of para-hydroxylation sites is 1. The Morgan fingerprint density at radius 1 is 0.741 bits per heavy atom. The lowest BCUT2D eigenvalue weighted by Gasteiger charge is -2.08. The van der Waals surface area contributed by atoms with E-state index in [1.807, 2.05) is 79.0 Å². The molecule has 132 valence electrons. The summed E-state index contributed by atoms with van der Waals surface area (Å²) in [4.78, 5) is 4.65. The molecule has 4 aromatic carbocycles. The van der Waals surface area contributed by atoms with Crippen LogP contribution < -0.4 is 10.1 Å². The van der Waals surface area contributed by atoms with Gasteiger partial charge in [-0.2, -0.15) is 0 Å². The maximum absolute atomic E-state index is 5.53. The largest absolute Gasteiger partial charge is 0.496 e. The number of nitrogens with zero attached hydrogens (tertiary/aromatic N) is 1. The van der Waals surface area contributed by atoms with Crippen LogP contribution >= 0.6 is 0 Å². The van der Waals surface area contributed by atoms with Gasteiger partial charge in [0.25, 0.3) is 0 Å². The highest BCUT2D eigenvalue weighted by atomic mass is 16.5. The van der Waals surface area contributed by atoms with Crippen molar-refractivity contribution in [2.45, 2.75) is 0 Å². The van der Waals surface area contributed by atoms with Crippen molar-refractivity contribution < 1.29 is 4.74 Å². The SMILES string of the molecule is COc1ccc2ccccc2c1C=Nc1ccc(Nc2ccccc2)cc1. The second-order valence-corrected chi connectivity index (χ2v) is 6.20. The molecule has 0 spiro atoms. The summed E-state index contributed by atoms with van der Waals surface area (Å²) >= 11 is 0. The fourth-order valence-electron chi connectivity index (χ4n) is 3.04. The van der Waals surface area contributed by atoms with Gasteiger partial charge in [-0.25, -0.2) is 0 Å². The van der Waals surface area contributed by atoms with Gasteiger partial charge in [0, 0.05) is 23.2 Å². The van der Waals surface area contributed by atoms with Gasteiger partial charge in [-0.3, -0.25) is 4.99 Å². The molecule has 4 rings (SSSR count). The Bertz CT molecular complexity index is 1070. The number of ether oxygens (including phenoxy) is 1. The number of anilines is 2. The first kappa shape index (κ1) is 16.9. The summed E-state index contributed by atoms with van der Waals surface area (Å²) in [7, 11) is 1.69. The Kier molecular flexibility index (Phi) is 4.84. The lowest BCUT2D eigenvalue weighted by Crippen LogP contribution is -1.92. The molecule has 0 aliphatic heterocycles. The predicted octanol–water partition coefficient (Wildman–Crippen LogP) is 6.34. The van der Waals surface area contributed by atoms with Crippen molar-refractivity contribution in [1.29, 1.82) is 0 Å². The van der Waals surface area contributed by atoms with Gasteiger partial charge in [0.15, 0.2) is 0 Å². The van der Waals surface area contributed by atoms with E-state index in [0.29, 0.717) is 0 Å². The number of hydrogen-bond acceptors (Lipinski definition) is 3. The molecule has 0 aliphatic rings. The van der Waals surface area contributed by atoms with Crippen LogP contribution in [0.15, 0.2) is 96.0 Å². The van der Waals surface area contributed by atoms with Crippen molar-refractivity contribution >= 4 is 34.0 Å². The highest BCUT2D eigenvalue weighted by Gasteiger charge is 2.05. The van der Waals surface area contributed by atoms with Crippen molar-refractivity contribution in [3.05, 3.63) is 96.6 Å². The van der Waals surface area contributed by atoms with Gasteiger partial charge < -0.3 is 10.1 Å². The Morgan fingerprint density at radius 2 is 1.44 bits per heavy atom. The average Bonchev–Trinajstić information content (AvgIpc) is 2.73. The lowest BCUT2D eigenvalue weighted by atomic mass is 10.0. The first-order valence-electron chi connectivity index (χ1n) is 8.85. The minimum absolute atomic E-state index is 0.819. The van der Waals surface area contributed by atoms with Crippen LogP contribution in [0.2, 0.25) is 0 Å². The summed E-state index contributed by atoms with van der Waals surface area (Å²) in [6.45, 7) is 0. The van der Waals surface area contributed by atoms with Gasteiger partial charge in [0.2, 0.25) is 0 Å². The van der Waals surface area contributed by atoms with Gasteiger partial charge in [0.1, 0.15) is 5.75 Å². The Morgan fingerprint density at radius 3 is 2.22 bits per heavy atom. The smallest absolute Gasteiger partial charge is 0.128 e. The maximum Gasteiger partial charge on any atom is 0.128 e. The molecular weight excluding hydrogens is 332 g/mol. The normalized spacial score (nSPS) is 11.0. The van der Waals surface area contributed by atoms with Crippen LogP contribution in [0, 0.1) is 0 Å². The molecule has 0 heterocycles. The first-order valence-corrected chi connectivity index (χ1v) is 8.85. The lowest BCUT2D eigenvalue weighted by molar-refractivity contribution is 0.415. The average molecular weight is 352 g/mol. The van der Waals surface area contributed by atoms with Crippen LogP contribution in [0.5, 0.6) is 5.75 Å². The summed E-state index contributed by atoms with van der Waals surface area (Å²) < 4.78 is 5.53. The van der Waals surface area contributed by atoms with Gasteiger partial charge >= 0.3 is 0 Å². The van der Waals surface area contributed by atoms with Crippen LogP contribution in [0.1, 0.15) is 5.56 Å². The monoisotopic (exact) mass is 352 g/mol. The minimum Gasteiger partial charge on any atom is -0.496 e. The molecule has 3 nitrogen and oxygen atoms in total. The van der Waals surface area contributed by atoms with Crippen LogP contribution in [0.25, 0.3) is 10.8 Å². The number of hydrogen-bond donors (Lipinski definition) is 1. The number of aliphatic imine (C=N–C) groups is 1. The van der Waals surface area contributed by atoms with Crippen LogP contribution in [-0.2, 0) is 0 Å². The summed E-state index contributed by atoms with van der Waals surface area (Å²) in [5.74, 6) is 0.819. The third kappa shape index (κ3) is 3.82. The van der Waals surface area contributed by atoms with Crippen molar-refractivity contribution in [3.63, 3.8) is 0 Å². The van der Waals surface area contributed by atoms with E-state index in [2.05, 4.69) is 28.5 Å². The molecule has 0 radical (unpaired) electrons. The summed E-state index contributed by atoms with van der Waals surface area (Å²) in [6.07, 6.45) is 1.88. The first-order chi connectivity index (χ1) is 13.3. The third-order valence-corrected chi connectivity index (χ3v) is 4.42. The molecule has 0 bridgehead atoms. The number of nitrogens with one attached hydrogen (secondary N) is 1. The summed E-state index contributed by atoms with van der Waals surface area (Å²) in [5, 5.41) is 5.67. The van der Waals surface area contributed by atoms with E-state index >= 15 is 0 Å². The molecular formula is C24H20N2O. The molecule has 0 aromatic heterocycles. The predicted molar refractivity (Wildman–Crippen MR) is 114 cm³/mol. The van der Waals surface area contributed by atoms with Crippen molar-refractivity contribution in [1.82, 2.24) is 0 Å². The molecule has 0 saturated carbocycles. The highest BCUT2D eigenvalue weighted by Crippen LogP contribution is 2.27. The quantitative estimate of drug-likeness (QED) is 0.425. The zero-order valence-electron chi connectivity index (χ0n) is 15.1. The number of rotatable bonds is 5. The topological polar surface area (TPSA) is 33.6 Å². The molecule has 0 atom stereocenters. The molecule has 0 unspecified atom stereocenters. The van der Waals surface area contributed by atoms with E-state index in [0.717, 1.165) is 33.8 Å². The van der Waals surface area contributed by atoms with Gasteiger partial charge in [-0.15, -0.1) is 0 Å². The van der Waals surface area contributed by atoms with Gasteiger partial charge in [-0.05, 0) is 53.2 Å². The van der Waals surface area contributed by atoms with Crippen LogP contribution in [0.3, 0.4) is 0 Å². The molecule has 0 fully saturated rings. The zero-order chi connectivity index (χ0) is 18.5. The van der Waals surface area contributed by atoms with Gasteiger partial charge in [0.05, 0.1) is 12.8 Å². The van der Waals surface area contributed by atoms with Gasteiger partial charge in [-0.1, -0.05) is 48.5 Å². The molecule has 27 heavy (non-hydrogen) atoms. The van der Waals surface area contributed by atoms with E-state index in [-0.39, 0.29) is 0 Å². The molecule has 4 aromatic rings. The zero-order valence-corrected chi connectivity index (χ0v) is 15.1. The fraction of sp³-hybridized carbons (Fsp3) is 0.0417. The molecule has 1 N–H and O–H groups in total. The Labute approximate surface area is 159 Å². The van der Waals surface area contributed by atoms with Crippen molar-refractivity contribution in [3.8, 4) is 5.75 Å². The van der Waals surface area contributed by atoms with E-state index in [1.165, 1.54) is 5.39 Å². The Hall–Kier alpha value is -3.59. The number of fused-ring (bicyclic) bond motifs is 1. The van der Waals surface area contributed by atoms with Crippen molar-refractivity contribution in [2.24, 2.45) is 4.99 Å². The standard InChI is InChI=1S/C24H20N2O/c1-27-24-16-11-18-7-5-6-10-22(18)23(24)17-25-19-12-14-21(15-13-19)26-20-8-3-2-4-9-20/h2-17,26H,1H3. The molecule has 3 heteroatoms. The summed E-state index contributed by atoms with van der Waals surface area (Å²) in [5.41, 5.74) is 3.97. The van der Waals surface area contributed by atoms with E-state index in [1.54, 1.807) is 7.11 Å². The third-order valence-electron chi connectivity index (χ3n) is 4.42. The fourth-order valence-corrected chi connectivity index (χ4v) is 3.04. The maximum atomic E-state index is 5.53. The second kappa shape index (κ2) is 7.75. The molecule has 0 saturated heterocycles. The number of benzene rings is 4. The van der Waals surface area contributed by atoms with Crippen molar-refractivity contribution in [2.75, 3.05) is 12.4 Å². The second-order valence-electron chi connectivity index (χ2n) is 6.20. The van der Waals surface area contributed by atoms with Crippen LogP contribution in [-0.4, -0.2) is 13.3 Å². The van der Waals surface area contributed by atoms with E-state index in [4.69, 9.17) is 4.74 Å². The van der Waals surface area contributed by atoms with Crippen LogP contribution in [0.4, 0.5) is 17.1 Å². The Balaban J connectivity index is 1.59. The minimum atomic E-state index is 0.819. The molecule has 0 aliphatic carbocycles. The van der Waals surface area contributed by atoms with E-state index < -0.39 is 0 Å². The van der Waals surface area contributed by atoms with E-state index in [9.17, 15) is 0 Å². The highest BCUT2D eigenvalue weighted by molar-refractivity contribution is 6.03. The molecule has 0 amide bonds.